The summed E-state index contributed by atoms with van der Waals surface area (Å²) in [6.07, 6.45) is 0. The Morgan fingerprint density at radius 3 is 1.20 bits per heavy atom. The second-order valence-corrected chi connectivity index (χ2v) is 4.39. The molecule has 0 aliphatic rings. The Morgan fingerprint density at radius 2 is 1.20 bits per heavy atom. The van der Waals surface area contributed by atoms with E-state index in [-0.39, 0.29) is 0 Å². The maximum absolute atomic E-state index is 10.4. The number of hydrogen-bond acceptors (Lipinski definition) is 1. The Bertz CT molecular complexity index is 53.0. The molecule has 0 atom stereocenters. The van der Waals surface area contributed by atoms with Gasteiger partial charge in [-0.15, -0.1) is 0 Å². The SMILES string of the molecule is [F][Mo]([F])([F])=[S]. The summed E-state index contributed by atoms with van der Waals surface area (Å²) in [6, 6.07) is 0. The maximum atomic E-state index is 10.4. The average molecular weight is 185 g/mol. The van der Waals surface area contributed by atoms with Crippen molar-refractivity contribution in [3.63, 3.8) is 0 Å². The fourth-order valence-corrected chi connectivity index (χ4v) is 0. The predicted molar refractivity (Wildman–Crippen MR) is 10.9 cm³/mol. The summed E-state index contributed by atoms with van der Waals surface area (Å²) >= 11 is -5.94. The van der Waals surface area contributed by atoms with E-state index in [1.165, 1.54) is 0 Å². The third-order valence-electron chi connectivity index (χ3n) is 0. The van der Waals surface area contributed by atoms with Crippen molar-refractivity contribution in [1.82, 2.24) is 0 Å². The number of hydrogen-bond donors (Lipinski definition) is 0. The Kier molecular flexibility index (Phi) is 1.63. The van der Waals surface area contributed by atoms with Crippen molar-refractivity contribution in [2.24, 2.45) is 0 Å². The van der Waals surface area contributed by atoms with Crippen LogP contribution in [0, 0.1) is 0 Å². The van der Waals surface area contributed by atoms with Crippen LogP contribution in [0.1, 0.15) is 0 Å². The zero-order valence-electron chi connectivity index (χ0n) is 1.95. The third-order valence-corrected chi connectivity index (χ3v) is 0. The predicted octanol–water partition coefficient (Wildman–Crippen LogP) is 1.91. The van der Waals surface area contributed by atoms with Crippen LogP contribution >= 0.6 is 9.82 Å². The van der Waals surface area contributed by atoms with Crippen molar-refractivity contribution >= 4 is 9.82 Å². The van der Waals surface area contributed by atoms with Gasteiger partial charge in [0.25, 0.3) is 0 Å². The molecule has 0 rings (SSSR count). The summed E-state index contributed by atoms with van der Waals surface area (Å²) in [5, 5.41) is 0. The van der Waals surface area contributed by atoms with Gasteiger partial charge in [-0.25, -0.2) is 0 Å². The molecule has 0 aliphatic heterocycles. The van der Waals surface area contributed by atoms with E-state index in [0.717, 1.165) is 0 Å². The topological polar surface area (TPSA) is 0 Å². The Labute approximate surface area is 35.6 Å². The zero-order chi connectivity index (χ0) is 4.50. The molecular weight excluding hydrogens is 185 g/mol. The number of rotatable bonds is 0. The van der Waals surface area contributed by atoms with Crippen LogP contribution in [0.3, 0.4) is 0 Å². The summed E-state index contributed by atoms with van der Waals surface area (Å²) in [5.41, 5.74) is 0. The van der Waals surface area contributed by atoms with E-state index in [4.69, 9.17) is 0 Å². The van der Waals surface area contributed by atoms with Gasteiger partial charge in [0.2, 0.25) is 0 Å². The Hall–Kier alpha value is 0.698. The first-order chi connectivity index (χ1) is 2.00. The van der Waals surface area contributed by atoms with E-state index in [1.807, 2.05) is 0 Å². The van der Waals surface area contributed by atoms with Crippen molar-refractivity contribution in [3.8, 4) is 0 Å². The van der Waals surface area contributed by atoms with Crippen LogP contribution in [-0.4, -0.2) is 0 Å². The molecule has 0 amide bonds. The molecule has 0 heterocycles. The Morgan fingerprint density at radius 1 is 1.20 bits per heavy atom. The fourth-order valence-electron chi connectivity index (χ4n) is 0. The third kappa shape index (κ3) is 70.1. The molecule has 0 aliphatic carbocycles. The summed E-state index contributed by atoms with van der Waals surface area (Å²) in [5.74, 6) is 0. The zero-order valence-corrected chi connectivity index (χ0v) is 4.77. The van der Waals surface area contributed by atoms with Crippen LogP contribution in [0.5, 0.6) is 0 Å². The van der Waals surface area contributed by atoms with Crippen LogP contribution in [0.2, 0.25) is 0 Å². The summed E-state index contributed by atoms with van der Waals surface area (Å²) in [7, 11) is 3.02. The van der Waals surface area contributed by atoms with E-state index < -0.39 is 15.8 Å². The van der Waals surface area contributed by atoms with E-state index in [0.29, 0.717) is 0 Å². The molecule has 0 nitrogen and oxygen atoms in total. The summed E-state index contributed by atoms with van der Waals surface area (Å²) < 4.78 is 31.1. The Balaban J connectivity index is 3.47. The van der Waals surface area contributed by atoms with Crippen molar-refractivity contribution in [2.45, 2.75) is 0 Å². The van der Waals surface area contributed by atoms with Gasteiger partial charge in [0.15, 0.2) is 0 Å². The van der Waals surface area contributed by atoms with Crippen LogP contribution in [-0.2, 0) is 15.8 Å². The van der Waals surface area contributed by atoms with Crippen LogP contribution in [0.4, 0.5) is 9.47 Å². The van der Waals surface area contributed by atoms with Gasteiger partial charge in [-0.05, 0) is 0 Å². The van der Waals surface area contributed by atoms with Crippen LogP contribution < -0.4 is 0 Å². The second-order valence-electron chi connectivity index (χ2n) is 0.364. The molecule has 0 unspecified atom stereocenters. The number of halogens is 3. The minimum absolute atomic E-state index is 3.02. The first kappa shape index (κ1) is 5.70. The van der Waals surface area contributed by atoms with Gasteiger partial charge in [-0.2, -0.15) is 0 Å². The van der Waals surface area contributed by atoms with Gasteiger partial charge in [0, 0.05) is 0 Å². The molecular formula is F3MoS. The van der Waals surface area contributed by atoms with Gasteiger partial charge in [-0.1, -0.05) is 0 Å². The molecule has 0 bridgehead atoms. The van der Waals surface area contributed by atoms with E-state index >= 15 is 0 Å². The first-order valence-electron chi connectivity index (χ1n) is 0.630. The van der Waals surface area contributed by atoms with Crippen LogP contribution in [0.25, 0.3) is 0 Å². The van der Waals surface area contributed by atoms with E-state index in [9.17, 15) is 9.47 Å². The average Bonchev–Trinajstić information content (AvgIpc) is 0.722. The molecule has 5 heteroatoms. The molecule has 33 valence electrons. The monoisotopic (exact) mass is 187 g/mol. The van der Waals surface area contributed by atoms with E-state index in [2.05, 4.69) is 9.82 Å². The molecule has 0 fully saturated rings. The quantitative estimate of drug-likeness (QED) is 0.519. The minimum atomic E-state index is -5.94. The van der Waals surface area contributed by atoms with Crippen molar-refractivity contribution in [1.29, 1.82) is 0 Å². The first-order valence-corrected chi connectivity index (χ1v) is 5.70. The molecule has 0 aromatic rings. The van der Waals surface area contributed by atoms with Gasteiger partial charge in [0.05, 0.1) is 0 Å². The molecule has 5 heavy (non-hydrogen) atoms. The summed E-state index contributed by atoms with van der Waals surface area (Å²) in [6.45, 7) is 0. The van der Waals surface area contributed by atoms with Crippen molar-refractivity contribution in [2.75, 3.05) is 0 Å². The van der Waals surface area contributed by atoms with Crippen LogP contribution in [0.15, 0.2) is 0 Å². The van der Waals surface area contributed by atoms with Gasteiger partial charge < -0.3 is 0 Å². The van der Waals surface area contributed by atoms with Gasteiger partial charge >= 0.3 is 35.1 Å². The molecule has 0 saturated heterocycles. The molecule has 0 saturated carbocycles. The van der Waals surface area contributed by atoms with Gasteiger partial charge in [0.1, 0.15) is 0 Å². The molecule has 0 radical (unpaired) electrons. The molecule has 0 aromatic heterocycles. The molecule has 0 N–H and O–H groups in total. The molecule has 0 spiro atoms. The standard InChI is InChI=1S/3FH.Mo.S/h3*1H;;/q;;;+3;/p-3. The second kappa shape index (κ2) is 1.43. The summed E-state index contributed by atoms with van der Waals surface area (Å²) in [4.78, 5) is 0. The van der Waals surface area contributed by atoms with E-state index in [1.54, 1.807) is 0 Å². The van der Waals surface area contributed by atoms with Gasteiger partial charge in [-0.3, -0.25) is 0 Å². The normalized spacial score (nSPS) is 11.8. The van der Waals surface area contributed by atoms with Crippen molar-refractivity contribution in [3.05, 3.63) is 0 Å². The fraction of sp³-hybridized carbons (Fsp3) is 0. The van der Waals surface area contributed by atoms with Crippen molar-refractivity contribution < 1.29 is 25.3 Å². The molecule has 0 aromatic carbocycles.